The number of nitrogens with zero attached hydrogens (tertiary/aromatic N) is 3. The number of fused-ring (bicyclic) bond motifs is 5. The van der Waals surface area contributed by atoms with Crippen molar-refractivity contribution in [2.75, 3.05) is 0 Å². The van der Waals surface area contributed by atoms with E-state index in [1.807, 2.05) is 42.5 Å². The van der Waals surface area contributed by atoms with E-state index in [9.17, 15) is 0 Å². The van der Waals surface area contributed by atoms with Gasteiger partial charge in [-0.3, -0.25) is 0 Å². The summed E-state index contributed by atoms with van der Waals surface area (Å²) >= 11 is 6.98. The van der Waals surface area contributed by atoms with Crippen molar-refractivity contribution in [3.05, 3.63) is 144 Å². The Morgan fingerprint density at radius 2 is 1.26 bits per heavy atom. The Morgan fingerprint density at radius 1 is 0.565 bits per heavy atom. The zero-order valence-electron chi connectivity index (χ0n) is 24.7. The molecule has 6 aromatic carbocycles. The maximum atomic E-state index is 6.98. The molecule has 1 aliphatic carbocycles. The van der Waals surface area contributed by atoms with E-state index in [2.05, 4.69) is 91.0 Å². The smallest absolute Gasteiger partial charge is 0.166 e. The van der Waals surface area contributed by atoms with Gasteiger partial charge in [-0.15, -0.1) is 0 Å². The molecule has 0 bridgehead atoms. The molecule has 4 nitrogen and oxygen atoms in total. The highest BCUT2D eigenvalue weighted by molar-refractivity contribution is 6.35. The number of furan rings is 1. The van der Waals surface area contributed by atoms with Gasteiger partial charge < -0.3 is 4.42 Å². The lowest BCUT2D eigenvalue weighted by Gasteiger charge is -2.14. The molecule has 0 saturated heterocycles. The van der Waals surface area contributed by atoms with E-state index in [1.54, 1.807) is 0 Å². The number of benzene rings is 6. The van der Waals surface area contributed by atoms with Gasteiger partial charge in [-0.05, 0) is 82.3 Å². The Balaban J connectivity index is 1.25. The Hall–Kier alpha value is -5.58. The van der Waals surface area contributed by atoms with E-state index >= 15 is 0 Å². The van der Waals surface area contributed by atoms with Crippen molar-refractivity contribution in [1.82, 2.24) is 15.0 Å². The Morgan fingerprint density at radius 3 is 2.11 bits per heavy atom. The van der Waals surface area contributed by atoms with Crippen molar-refractivity contribution in [3.8, 4) is 45.3 Å². The average molecular weight is 612 g/mol. The normalized spacial score (nSPS) is 12.6. The molecular weight excluding hydrogens is 586 g/mol. The van der Waals surface area contributed by atoms with Crippen LogP contribution in [0.1, 0.15) is 17.5 Å². The summed E-state index contributed by atoms with van der Waals surface area (Å²) in [6.07, 6.45) is 6.43. The van der Waals surface area contributed by atoms with Gasteiger partial charge in [-0.2, -0.15) is 0 Å². The average Bonchev–Trinajstić information content (AvgIpc) is 3.50. The first kappa shape index (κ1) is 26.8. The number of aromatic nitrogens is 3. The van der Waals surface area contributed by atoms with E-state index in [-0.39, 0.29) is 0 Å². The summed E-state index contributed by atoms with van der Waals surface area (Å²) in [5.74, 6) is 1.71. The highest BCUT2D eigenvalue weighted by atomic mass is 35.5. The minimum atomic E-state index is 0.513. The van der Waals surface area contributed by atoms with Crippen LogP contribution in [0.3, 0.4) is 0 Å². The van der Waals surface area contributed by atoms with Gasteiger partial charge in [0.15, 0.2) is 17.5 Å². The lowest BCUT2D eigenvalue weighted by atomic mass is 9.95. The Labute approximate surface area is 270 Å². The summed E-state index contributed by atoms with van der Waals surface area (Å²) in [5, 5.41) is 4.69. The predicted octanol–water partition coefficient (Wildman–Crippen LogP) is 11.2. The molecule has 1 aliphatic rings. The quantitative estimate of drug-likeness (QED) is 0.199. The summed E-state index contributed by atoms with van der Waals surface area (Å²) in [7, 11) is 0. The van der Waals surface area contributed by atoms with Gasteiger partial charge in [0.1, 0.15) is 11.2 Å². The summed E-state index contributed by atoms with van der Waals surface area (Å²) in [6.45, 7) is 0. The van der Waals surface area contributed by atoms with Crippen LogP contribution in [0.5, 0.6) is 0 Å². The minimum Gasteiger partial charge on any atom is -0.456 e. The predicted molar refractivity (Wildman–Crippen MR) is 189 cm³/mol. The molecule has 5 heteroatoms. The summed E-state index contributed by atoms with van der Waals surface area (Å²) < 4.78 is 6.22. The molecule has 0 spiro atoms. The van der Waals surface area contributed by atoms with Crippen LogP contribution in [0.2, 0.25) is 5.02 Å². The van der Waals surface area contributed by atoms with Crippen LogP contribution in [0, 0.1) is 0 Å². The van der Waals surface area contributed by atoms with Crippen molar-refractivity contribution in [2.45, 2.75) is 12.8 Å². The maximum Gasteiger partial charge on any atom is 0.166 e. The van der Waals surface area contributed by atoms with Crippen LogP contribution < -0.4 is 0 Å². The molecule has 0 atom stereocenters. The first-order valence-electron chi connectivity index (χ1n) is 15.4. The number of rotatable bonds is 4. The minimum absolute atomic E-state index is 0.513. The molecule has 9 rings (SSSR count). The van der Waals surface area contributed by atoms with Crippen molar-refractivity contribution in [3.63, 3.8) is 0 Å². The zero-order valence-corrected chi connectivity index (χ0v) is 25.5. The molecular formula is C41H26ClN3O. The summed E-state index contributed by atoms with van der Waals surface area (Å²) in [5.41, 5.74) is 9.05. The SMILES string of the molecule is Clc1ccc2oc3ccccc3c2c1-c1nc(-c2ccc3c(c2)CCC=C3)nc(-c2ccc3cc(-c4ccccc4)ccc3c2)n1. The van der Waals surface area contributed by atoms with Crippen molar-refractivity contribution >= 4 is 50.4 Å². The van der Waals surface area contributed by atoms with E-state index in [4.69, 9.17) is 31.0 Å². The van der Waals surface area contributed by atoms with Crippen LogP contribution in [0.25, 0.3) is 84.1 Å². The molecule has 0 aliphatic heterocycles. The molecule has 2 aromatic heterocycles. The third kappa shape index (κ3) is 4.58. The third-order valence-electron chi connectivity index (χ3n) is 8.84. The molecule has 0 amide bonds. The van der Waals surface area contributed by atoms with Gasteiger partial charge in [-0.1, -0.05) is 109 Å². The number of hydrogen-bond acceptors (Lipinski definition) is 4. The Bertz CT molecular complexity index is 2500. The fourth-order valence-electron chi connectivity index (χ4n) is 6.52. The standard InChI is InChI=1S/C41H26ClN3O/c42-34-20-21-36-37(33-12-6-7-13-35(33)46-36)38(34)41-44-39(31-18-14-26-10-4-5-11-27(26)23-31)43-40(45-41)32-19-17-29-22-28(15-16-30(29)24-32)25-8-2-1-3-9-25/h1-4,6-10,12-24H,5,11H2. The summed E-state index contributed by atoms with van der Waals surface area (Å²) in [4.78, 5) is 15.3. The molecule has 0 N–H and O–H groups in total. The molecule has 0 saturated carbocycles. The summed E-state index contributed by atoms with van der Waals surface area (Å²) in [6, 6.07) is 41.6. The second-order valence-electron chi connectivity index (χ2n) is 11.7. The van der Waals surface area contributed by atoms with Crippen LogP contribution in [-0.2, 0) is 6.42 Å². The number of aryl methyl sites for hydroxylation is 1. The lowest BCUT2D eigenvalue weighted by molar-refractivity contribution is 0.669. The van der Waals surface area contributed by atoms with Crippen LogP contribution in [-0.4, -0.2) is 15.0 Å². The molecule has 46 heavy (non-hydrogen) atoms. The van der Waals surface area contributed by atoms with Gasteiger partial charge in [0.25, 0.3) is 0 Å². The van der Waals surface area contributed by atoms with E-state index in [0.29, 0.717) is 22.5 Å². The fourth-order valence-corrected chi connectivity index (χ4v) is 6.77. The highest BCUT2D eigenvalue weighted by Gasteiger charge is 2.21. The van der Waals surface area contributed by atoms with E-state index in [0.717, 1.165) is 62.2 Å². The lowest BCUT2D eigenvalue weighted by Crippen LogP contribution is -2.02. The van der Waals surface area contributed by atoms with Crippen molar-refractivity contribution in [2.24, 2.45) is 0 Å². The number of halogens is 1. The molecule has 0 fully saturated rings. The van der Waals surface area contributed by atoms with Crippen LogP contribution in [0.4, 0.5) is 0 Å². The number of para-hydroxylation sites is 1. The molecule has 218 valence electrons. The zero-order chi connectivity index (χ0) is 30.6. The van der Waals surface area contributed by atoms with Gasteiger partial charge in [0, 0.05) is 27.5 Å². The van der Waals surface area contributed by atoms with Crippen molar-refractivity contribution < 1.29 is 4.42 Å². The van der Waals surface area contributed by atoms with Crippen LogP contribution >= 0.6 is 11.6 Å². The van der Waals surface area contributed by atoms with Gasteiger partial charge in [-0.25, -0.2) is 15.0 Å². The first-order valence-corrected chi connectivity index (χ1v) is 15.8. The monoisotopic (exact) mass is 611 g/mol. The van der Waals surface area contributed by atoms with Gasteiger partial charge in [0.05, 0.1) is 5.02 Å². The molecule has 0 unspecified atom stereocenters. The van der Waals surface area contributed by atoms with Crippen LogP contribution in [0.15, 0.2) is 132 Å². The number of allylic oxidation sites excluding steroid dienone is 1. The second kappa shape index (κ2) is 10.8. The topological polar surface area (TPSA) is 51.8 Å². The Kier molecular flexibility index (Phi) is 6.29. The first-order chi connectivity index (χ1) is 22.7. The van der Waals surface area contributed by atoms with E-state index in [1.165, 1.54) is 22.3 Å². The highest BCUT2D eigenvalue weighted by Crippen LogP contribution is 2.41. The maximum absolute atomic E-state index is 6.98. The molecule has 0 radical (unpaired) electrons. The third-order valence-corrected chi connectivity index (χ3v) is 9.15. The van der Waals surface area contributed by atoms with E-state index < -0.39 is 0 Å². The second-order valence-corrected chi connectivity index (χ2v) is 12.1. The largest absolute Gasteiger partial charge is 0.456 e. The fraction of sp³-hybridized carbons (Fsp3) is 0.0488. The number of hydrogen-bond donors (Lipinski definition) is 0. The molecule has 2 heterocycles. The van der Waals surface area contributed by atoms with Gasteiger partial charge >= 0.3 is 0 Å². The molecule has 8 aromatic rings. The van der Waals surface area contributed by atoms with Gasteiger partial charge in [0.2, 0.25) is 0 Å². The van der Waals surface area contributed by atoms with Crippen molar-refractivity contribution in [1.29, 1.82) is 0 Å².